The molecule has 0 saturated carbocycles. The summed E-state index contributed by atoms with van der Waals surface area (Å²) in [4.78, 5) is 11.6. The molecule has 0 aliphatic heterocycles. The summed E-state index contributed by atoms with van der Waals surface area (Å²) in [5, 5.41) is 4.03. The normalized spacial score (nSPS) is 11.4. The van der Waals surface area contributed by atoms with Crippen LogP contribution in [0.25, 0.3) is 0 Å². The summed E-state index contributed by atoms with van der Waals surface area (Å²) in [6.45, 7) is 1.90. The largest absolute Gasteiger partial charge is 0.459 e. The van der Waals surface area contributed by atoms with E-state index in [-0.39, 0.29) is 11.6 Å². The number of hydrogen-bond acceptors (Lipinski definition) is 3. The van der Waals surface area contributed by atoms with Crippen LogP contribution in [0.15, 0.2) is 52.2 Å². The molecule has 0 aliphatic carbocycles. The lowest BCUT2D eigenvalue weighted by Gasteiger charge is -2.04. The molecule has 98 valence electrons. The monoisotopic (exact) mass is 260 g/mol. The van der Waals surface area contributed by atoms with E-state index in [2.05, 4.69) is 10.5 Å². The number of hydrazone groups is 1. The van der Waals surface area contributed by atoms with Crippen LogP contribution in [-0.2, 0) is 0 Å². The van der Waals surface area contributed by atoms with Crippen molar-refractivity contribution in [2.75, 3.05) is 0 Å². The summed E-state index contributed by atoms with van der Waals surface area (Å²) < 4.78 is 17.8. The fourth-order valence-electron chi connectivity index (χ4n) is 1.57. The number of rotatable bonds is 4. The van der Waals surface area contributed by atoms with E-state index in [1.807, 2.05) is 6.92 Å². The fraction of sp³-hybridized carbons (Fsp3) is 0.143. The van der Waals surface area contributed by atoms with Crippen LogP contribution in [0.4, 0.5) is 4.39 Å². The molecule has 2 rings (SSSR count). The quantitative estimate of drug-likeness (QED) is 0.678. The number of hydrogen-bond donors (Lipinski definition) is 1. The van der Waals surface area contributed by atoms with E-state index >= 15 is 0 Å². The van der Waals surface area contributed by atoms with Crippen molar-refractivity contribution in [2.45, 2.75) is 13.3 Å². The lowest BCUT2D eigenvalue weighted by Crippen LogP contribution is -2.19. The summed E-state index contributed by atoms with van der Waals surface area (Å²) in [6.07, 6.45) is 2.03. The molecule has 0 fully saturated rings. The highest BCUT2D eigenvalue weighted by Crippen LogP contribution is 2.07. The van der Waals surface area contributed by atoms with Crippen molar-refractivity contribution < 1.29 is 13.6 Å². The molecule has 19 heavy (non-hydrogen) atoms. The Morgan fingerprint density at radius 3 is 2.63 bits per heavy atom. The summed E-state index contributed by atoms with van der Waals surface area (Å²) in [6, 6.07) is 9.13. The van der Waals surface area contributed by atoms with Gasteiger partial charge in [0.05, 0.1) is 12.0 Å². The topological polar surface area (TPSA) is 54.6 Å². The van der Waals surface area contributed by atoms with Crippen molar-refractivity contribution in [1.82, 2.24) is 5.43 Å². The van der Waals surface area contributed by atoms with Crippen LogP contribution in [0, 0.1) is 5.82 Å². The van der Waals surface area contributed by atoms with Gasteiger partial charge in [-0.2, -0.15) is 5.10 Å². The molecule has 2 aromatic rings. The van der Waals surface area contributed by atoms with Crippen molar-refractivity contribution in [1.29, 1.82) is 0 Å². The number of carbonyl (C=O) groups is 1. The Balaban J connectivity index is 2.11. The Morgan fingerprint density at radius 2 is 2.05 bits per heavy atom. The molecule has 1 N–H and O–H groups in total. The predicted molar refractivity (Wildman–Crippen MR) is 69.4 cm³/mol. The van der Waals surface area contributed by atoms with E-state index < -0.39 is 5.91 Å². The first-order valence-corrected chi connectivity index (χ1v) is 5.87. The van der Waals surface area contributed by atoms with Gasteiger partial charge in [-0.15, -0.1) is 0 Å². The number of amides is 1. The van der Waals surface area contributed by atoms with Crippen molar-refractivity contribution in [2.24, 2.45) is 5.10 Å². The van der Waals surface area contributed by atoms with Gasteiger partial charge in [-0.1, -0.05) is 19.1 Å². The maximum absolute atomic E-state index is 12.8. The van der Waals surface area contributed by atoms with Crippen LogP contribution in [0.5, 0.6) is 0 Å². The molecular formula is C14H13FN2O2. The molecule has 1 aromatic carbocycles. The molecule has 0 spiro atoms. The van der Waals surface area contributed by atoms with Crippen molar-refractivity contribution in [3.05, 3.63) is 59.8 Å². The van der Waals surface area contributed by atoms with Gasteiger partial charge >= 0.3 is 5.91 Å². The standard InChI is InChI=1S/C14H13FN2O2/c1-2-12(10-5-7-11(15)8-6-10)16-17-14(18)13-4-3-9-19-13/h3-9H,2H2,1H3,(H,17,18)/b16-12-. The van der Waals surface area contributed by atoms with Crippen LogP contribution < -0.4 is 5.43 Å². The van der Waals surface area contributed by atoms with E-state index in [0.717, 1.165) is 5.56 Å². The van der Waals surface area contributed by atoms with Crippen molar-refractivity contribution in [3.63, 3.8) is 0 Å². The van der Waals surface area contributed by atoms with E-state index in [1.54, 1.807) is 24.3 Å². The Kier molecular flexibility index (Phi) is 4.07. The Morgan fingerprint density at radius 1 is 1.32 bits per heavy atom. The minimum Gasteiger partial charge on any atom is -0.459 e. The van der Waals surface area contributed by atoms with Crippen LogP contribution in [-0.4, -0.2) is 11.6 Å². The van der Waals surface area contributed by atoms with E-state index in [0.29, 0.717) is 12.1 Å². The van der Waals surface area contributed by atoms with Gasteiger partial charge in [0.1, 0.15) is 5.82 Å². The fourth-order valence-corrected chi connectivity index (χ4v) is 1.57. The first-order valence-electron chi connectivity index (χ1n) is 5.87. The van der Waals surface area contributed by atoms with Gasteiger partial charge in [0, 0.05) is 0 Å². The molecule has 0 aliphatic rings. The smallest absolute Gasteiger partial charge is 0.307 e. The first kappa shape index (κ1) is 13.0. The number of halogens is 1. The van der Waals surface area contributed by atoms with Gasteiger partial charge in [-0.3, -0.25) is 4.79 Å². The van der Waals surface area contributed by atoms with E-state index in [4.69, 9.17) is 4.42 Å². The lowest BCUT2D eigenvalue weighted by molar-refractivity contribution is 0.0927. The number of nitrogens with one attached hydrogen (secondary N) is 1. The minimum absolute atomic E-state index is 0.193. The molecule has 1 heterocycles. The molecule has 5 heteroatoms. The predicted octanol–water partition coefficient (Wildman–Crippen LogP) is 2.96. The molecule has 0 saturated heterocycles. The molecule has 0 bridgehead atoms. The van der Waals surface area contributed by atoms with Crippen LogP contribution in [0.2, 0.25) is 0 Å². The van der Waals surface area contributed by atoms with Crippen LogP contribution >= 0.6 is 0 Å². The van der Waals surface area contributed by atoms with Crippen LogP contribution in [0.1, 0.15) is 29.5 Å². The average Bonchev–Trinajstić information content (AvgIpc) is 2.95. The highest BCUT2D eigenvalue weighted by molar-refractivity contribution is 6.01. The van der Waals surface area contributed by atoms with Crippen molar-refractivity contribution >= 4 is 11.6 Å². The zero-order chi connectivity index (χ0) is 13.7. The molecule has 0 unspecified atom stereocenters. The number of benzene rings is 1. The molecular weight excluding hydrogens is 247 g/mol. The maximum Gasteiger partial charge on any atom is 0.307 e. The first-order chi connectivity index (χ1) is 9.20. The van der Waals surface area contributed by atoms with Gasteiger partial charge in [-0.05, 0) is 36.2 Å². The summed E-state index contributed by atoms with van der Waals surface area (Å²) in [5.74, 6) is -0.532. The molecule has 1 amide bonds. The van der Waals surface area contributed by atoms with Crippen LogP contribution in [0.3, 0.4) is 0 Å². The third-order valence-corrected chi connectivity index (χ3v) is 2.55. The second-order valence-corrected chi connectivity index (χ2v) is 3.84. The van der Waals surface area contributed by atoms with Gasteiger partial charge in [0.25, 0.3) is 0 Å². The zero-order valence-corrected chi connectivity index (χ0v) is 10.4. The minimum atomic E-state index is -0.418. The summed E-state index contributed by atoms with van der Waals surface area (Å²) in [7, 11) is 0. The Hall–Kier alpha value is -2.43. The van der Waals surface area contributed by atoms with Gasteiger partial charge in [0.15, 0.2) is 5.76 Å². The maximum atomic E-state index is 12.8. The van der Waals surface area contributed by atoms with Crippen molar-refractivity contribution in [3.8, 4) is 0 Å². The average molecular weight is 260 g/mol. The molecule has 4 nitrogen and oxygen atoms in total. The second kappa shape index (κ2) is 5.95. The third-order valence-electron chi connectivity index (χ3n) is 2.55. The van der Waals surface area contributed by atoms with Gasteiger partial charge in [0.2, 0.25) is 0 Å². The summed E-state index contributed by atoms with van der Waals surface area (Å²) in [5.41, 5.74) is 3.84. The lowest BCUT2D eigenvalue weighted by atomic mass is 10.1. The molecule has 0 radical (unpaired) electrons. The zero-order valence-electron chi connectivity index (χ0n) is 10.4. The molecule has 1 aromatic heterocycles. The Labute approximate surface area is 109 Å². The third kappa shape index (κ3) is 3.28. The van der Waals surface area contributed by atoms with E-state index in [9.17, 15) is 9.18 Å². The SMILES string of the molecule is CC/C(=N/NC(=O)c1ccco1)c1ccc(F)cc1. The number of furan rings is 1. The second-order valence-electron chi connectivity index (χ2n) is 3.84. The number of carbonyl (C=O) groups excluding carboxylic acids is 1. The highest BCUT2D eigenvalue weighted by atomic mass is 19.1. The van der Waals surface area contributed by atoms with E-state index in [1.165, 1.54) is 18.4 Å². The summed E-state index contributed by atoms with van der Waals surface area (Å²) >= 11 is 0. The van der Waals surface area contributed by atoms with Gasteiger partial charge in [-0.25, -0.2) is 9.82 Å². The highest BCUT2D eigenvalue weighted by Gasteiger charge is 2.08. The van der Waals surface area contributed by atoms with Gasteiger partial charge < -0.3 is 4.42 Å². The Bertz CT molecular complexity index is 574. The molecule has 0 atom stereocenters. The number of nitrogens with zero attached hydrogens (tertiary/aromatic N) is 1.